The van der Waals surface area contributed by atoms with Gasteiger partial charge in [0.1, 0.15) is 18.3 Å². The molecule has 3 aliphatic heterocycles. The van der Waals surface area contributed by atoms with E-state index in [4.69, 9.17) is 14.2 Å². The van der Waals surface area contributed by atoms with Crippen molar-refractivity contribution in [1.82, 2.24) is 0 Å². The zero-order valence-corrected chi connectivity index (χ0v) is 6.29. The van der Waals surface area contributed by atoms with Gasteiger partial charge in [-0.25, -0.2) is 0 Å². The van der Waals surface area contributed by atoms with Gasteiger partial charge in [0.25, 0.3) is 6.48 Å². The number of rotatable bonds is 0. The molecule has 1 saturated carbocycles. The standard InChI is InChI=1S/C7H10O5/c8-4-2-1-3-5(9)6(4)12-7(10-2)11-3/h2-9H,1H2/t2-,3+,4-,5-,6?,7?/m0/s1. The molecule has 12 heavy (non-hydrogen) atoms. The number of hydrogen-bond donors (Lipinski definition) is 2. The van der Waals surface area contributed by atoms with Gasteiger partial charge in [-0.3, -0.25) is 0 Å². The van der Waals surface area contributed by atoms with Crippen LogP contribution in [0.15, 0.2) is 0 Å². The third-order valence-electron chi connectivity index (χ3n) is 2.74. The van der Waals surface area contributed by atoms with Crippen molar-refractivity contribution in [2.45, 2.75) is 43.4 Å². The first-order chi connectivity index (χ1) is 5.75. The van der Waals surface area contributed by atoms with Gasteiger partial charge >= 0.3 is 0 Å². The Morgan fingerprint density at radius 3 is 2.08 bits per heavy atom. The van der Waals surface area contributed by atoms with Crippen LogP contribution in [-0.4, -0.2) is 47.2 Å². The molecule has 2 unspecified atom stereocenters. The maximum atomic E-state index is 9.53. The Balaban J connectivity index is 1.93. The van der Waals surface area contributed by atoms with Gasteiger partial charge in [0, 0.05) is 6.42 Å². The summed E-state index contributed by atoms with van der Waals surface area (Å²) in [4.78, 5) is 0. The minimum Gasteiger partial charge on any atom is -0.388 e. The SMILES string of the molecule is O[C@@H]1C2OC3O[C@H]1C[C@@H](O3)[C@@H]2O. The summed E-state index contributed by atoms with van der Waals surface area (Å²) in [6.07, 6.45) is -1.85. The van der Waals surface area contributed by atoms with Crippen LogP contribution < -0.4 is 0 Å². The molecule has 0 aromatic heterocycles. The average molecular weight is 174 g/mol. The molecule has 0 aromatic rings. The van der Waals surface area contributed by atoms with Crippen LogP contribution in [0.4, 0.5) is 0 Å². The van der Waals surface area contributed by atoms with E-state index in [0.29, 0.717) is 6.42 Å². The summed E-state index contributed by atoms with van der Waals surface area (Å²) in [6, 6.07) is 0. The predicted molar refractivity (Wildman–Crippen MR) is 35.0 cm³/mol. The van der Waals surface area contributed by atoms with Gasteiger partial charge < -0.3 is 24.4 Å². The molecule has 3 heterocycles. The van der Waals surface area contributed by atoms with E-state index in [1.54, 1.807) is 0 Å². The molecule has 4 aliphatic rings. The van der Waals surface area contributed by atoms with E-state index in [1.807, 2.05) is 0 Å². The maximum absolute atomic E-state index is 9.53. The van der Waals surface area contributed by atoms with E-state index in [1.165, 1.54) is 0 Å². The largest absolute Gasteiger partial charge is 0.388 e. The Labute approximate surface area is 68.8 Å². The van der Waals surface area contributed by atoms with Gasteiger partial charge in [-0.05, 0) is 0 Å². The van der Waals surface area contributed by atoms with Crippen molar-refractivity contribution in [3.05, 3.63) is 0 Å². The van der Waals surface area contributed by atoms with Crippen LogP contribution in [0.25, 0.3) is 0 Å². The van der Waals surface area contributed by atoms with Crippen LogP contribution >= 0.6 is 0 Å². The molecule has 0 radical (unpaired) electrons. The molecule has 5 nitrogen and oxygen atoms in total. The second kappa shape index (κ2) is 2.18. The number of ether oxygens (including phenoxy) is 3. The van der Waals surface area contributed by atoms with E-state index in [-0.39, 0.29) is 12.2 Å². The van der Waals surface area contributed by atoms with E-state index in [9.17, 15) is 10.2 Å². The lowest BCUT2D eigenvalue weighted by molar-refractivity contribution is -0.462. The second-order valence-electron chi connectivity index (χ2n) is 3.46. The van der Waals surface area contributed by atoms with Crippen molar-refractivity contribution in [3.63, 3.8) is 0 Å². The van der Waals surface area contributed by atoms with E-state index >= 15 is 0 Å². The third kappa shape index (κ3) is 0.750. The summed E-state index contributed by atoms with van der Waals surface area (Å²) in [5, 5.41) is 19.1. The Hall–Kier alpha value is -0.200. The van der Waals surface area contributed by atoms with Crippen LogP contribution in [0.3, 0.4) is 0 Å². The van der Waals surface area contributed by atoms with Crippen molar-refractivity contribution in [3.8, 4) is 0 Å². The molecule has 4 bridgehead atoms. The lowest BCUT2D eigenvalue weighted by Crippen LogP contribution is -2.69. The Morgan fingerprint density at radius 1 is 0.917 bits per heavy atom. The fraction of sp³-hybridized carbons (Fsp3) is 1.00. The van der Waals surface area contributed by atoms with E-state index < -0.39 is 24.8 Å². The Bertz CT molecular complexity index is 190. The van der Waals surface area contributed by atoms with Gasteiger partial charge in [0.15, 0.2) is 0 Å². The van der Waals surface area contributed by atoms with Gasteiger partial charge in [0.05, 0.1) is 12.2 Å². The van der Waals surface area contributed by atoms with Crippen molar-refractivity contribution < 1.29 is 24.4 Å². The molecule has 6 atom stereocenters. The number of hydrogen-bond acceptors (Lipinski definition) is 5. The zero-order chi connectivity index (χ0) is 8.29. The molecule has 2 N–H and O–H groups in total. The van der Waals surface area contributed by atoms with Gasteiger partial charge in [-0.15, -0.1) is 0 Å². The highest BCUT2D eigenvalue weighted by Crippen LogP contribution is 2.39. The summed E-state index contributed by atoms with van der Waals surface area (Å²) < 4.78 is 15.5. The average Bonchev–Trinajstić information content (AvgIpc) is 2.07. The first-order valence-corrected chi connectivity index (χ1v) is 4.08. The van der Waals surface area contributed by atoms with Gasteiger partial charge in [-0.2, -0.15) is 0 Å². The van der Waals surface area contributed by atoms with Crippen LogP contribution in [0.2, 0.25) is 0 Å². The molecular weight excluding hydrogens is 164 g/mol. The molecule has 4 rings (SSSR count). The van der Waals surface area contributed by atoms with Crippen LogP contribution in [0, 0.1) is 0 Å². The lowest BCUT2D eigenvalue weighted by Gasteiger charge is -2.53. The maximum Gasteiger partial charge on any atom is 0.272 e. The van der Waals surface area contributed by atoms with Crippen molar-refractivity contribution in [1.29, 1.82) is 0 Å². The minimum absolute atomic E-state index is 0.226. The summed E-state index contributed by atoms with van der Waals surface area (Å²) in [5.74, 6) is 0. The highest BCUT2D eigenvalue weighted by Gasteiger charge is 2.56. The highest BCUT2D eigenvalue weighted by molar-refractivity contribution is 4.99. The normalized spacial score (nSPS) is 62.5. The monoisotopic (exact) mass is 174 g/mol. The van der Waals surface area contributed by atoms with Crippen molar-refractivity contribution in [2.75, 3.05) is 0 Å². The lowest BCUT2D eigenvalue weighted by atomic mass is 9.85. The summed E-state index contributed by atoms with van der Waals surface area (Å²) in [5.41, 5.74) is 0. The third-order valence-corrected chi connectivity index (χ3v) is 2.74. The minimum atomic E-state index is -0.712. The number of aliphatic hydroxyl groups is 2. The second-order valence-corrected chi connectivity index (χ2v) is 3.46. The summed E-state index contributed by atoms with van der Waals surface area (Å²) >= 11 is 0. The van der Waals surface area contributed by atoms with Crippen LogP contribution in [-0.2, 0) is 14.2 Å². The predicted octanol–water partition coefficient (Wildman–Crippen LogP) is -1.42. The van der Waals surface area contributed by atoms with Gasteiger partial charge in [0.2, 0.25) is 0 Å². The molecular formula is C7H10O5. The molecule has 1 aliphatic carbocycles. The Morgan fingerprint density at radius 2 is 1.50 bits per heavy atom. The van der Waals surface area contributed by atoms with Crippen molar-refractivity contribution >= 4 is 0 Å². The molecule has 68 valence electrons. The smallest absolute Gasteiger partial charge is 0.272 e. The zero-order valence-electron chi connectivity index (χ0n) is 6.29. The fourth-order valence-electron chi connectivity index (χ4n) is 2.08. The number of aliphatic hydroxyl groups excluding tert-OH is 2. The summed E-state index contributed by atoms with van der Waals surface area (Å²) in [6.45, 7) is -0.675. The molecule has 0 aromatic carbocycles. The molecule has 0 spiro atoms. The van der Waals surface area contributed by atoms with E-state index in [0.717, 1.165) is 0 Å². The molecule has 0 amide bonds. The van der Waals surface area contributed by atoms with E-state index in [2.05, 4.69) is 0 Å². The first kappa shape index (κ1) is 7.23. The first-order valence-electron chi connectivity index (χ1n) is 4.08. The highest BCUT2D eigenvalue weighted by atomic mass is 16.9. The van der Waals surface area contributed by atoms with Gasteiger partial charge in [-0.1, -0.05) is 0 Å². The van der Waals surface area contributed by atoms with Crippen LogP contribution in [0.5, 0.6) is 0 Å². The molecule has 4 fully saturated rings. The van der Waals surface area contributed by atoms with Crippen LogP contribution in [0.1, 0.15) is 6.42 Å². The summed E-state index contributed by atoms with van der Waals surface area (Å²) in [7, 11) is 0. The Kier molecular flexibility index (Phi) is 1.31. The van der Waals surface area contributed by atoms with Crippen molar-refractivity contribution in [2.24, 2.45) is 0 Å². The fourth-order valence-corrected chi connectivity index (χ4v) is 2.08. The quantitative estimate of drug-likeness (QED) is 0.471. The topological polar surface area (TPSA) is 68.2 Å². The molecule has 5 heteroatoms. The molecule has 3 saturated heterocycles.